The van der Waals surface area contributed by atoms with Gasteiger partial charge in [-0.05, 0) is 38.3 Å². The first kappa shape index (κ1) is 18.9. The summed E-state index contributed by atoms with van der Waals surface area (Å²) in [5, 5.41) is 3.49. The smallest absolute Gasteiger partial charge is 0.329 e. The van der Waals surface area contributed by atoms with Gasteiger partial charge in [-0.15, -0.1) is 0 Å². The van der Waals surface area contributed by atoms with Crippen LogP contribution in [0.3, 0.4) is 0 Å². The summed E-state index contributed by atoms with van der Waals surface area (Å²) in [5.41, 5.74) is -0.520. The minimum Gasteiger partial charge on any atom is -0.378 e. The maximum atomic E-state index is 12.7. The zero-order chi connectivity index (χ0) is 19.7. The molecule has 1 amide bonds. The number of para-hydroxylation sites is 1. The van der Waals surface area contributed by atoms with Crippen LogP contribution in [-0.2, 0) is 16.1 Å². The van der Waals surface area contributed by atoms with E-state index in [0.29, 0.717) is 17.5 Å². The summed E-state index contributed by atoms with van der Waals surface area (Å²) in [6.45, 7) is 2.40. The van der Waals surface area contributed by atoms with Gasteiger partial charge in [0.1, 0.15) is 6.54 Å². The van der Waals surface area contributed by atoms with Gasteiger partial charge in [-0.2, -0.15) is 0 Å². The molecule has 150 valence electrons. The van der Waals surface area contributed by atoms with E-state index < -0.39 is 11.2 Å². The van der Waals surface area contributed by atoms with Crippen molar-refractivity contribution in [3.05, 3.63) is 45.1 Å². The molecule has 0 radical (unpaired) electrons. The molecule has 7 nitrogen and oxygen atoms in total. The van der Waals surface area contributed by atoms with Crippen LogP contribution >= 0.6 is 0 Å². The van der Waals surface area contributed by atoms with Crippen LogP contribution in [0.5, 0.6) is 0 Å². The monoisotopic (exact) mass is 385 g/mol. The van der Waals surface area contributed by atoms with Gasteiger partial charge in [-0.25, -0.2) is 4.79 Å². The molecule has 0 aliphatic heterocycles. The number of rotatable bonds is 5. The predicted molar refractivity (Wildman–Crippen MR) is 106 cm³/mol. The molecule has 2 atom stereocenters. The Hall–Kier alpha value is -2.41. The maximum absolute atomic E-state index is 12.7. The van der Waals surface area contributed by atoms with E-state index in [9.17, 15) is 14.4 Å². The zero-order valence-corrected chi connectivity index (χ0v) is 16.2. The van der Waals surface area contributed by atoms with Crippen LogP contribution in [0.4, 0.5) is 0 Å². The van der Waals surface area contributed by atoms with Crippen LogP contribution in [0.25, 0.3) is 10.9 Å². The third-order valence-electron chi connectivity index (χ3n) is 6.46. The molecule has 2 saturated carbocycles. The maximum Gasteiger partial charge on any atom is 0.329 e. The standard InChI is InChI=1S/C21H27N3O4/c1-2-28-17-12-16(21(17)10-6-3-7-11-21)23-18(25)13-24-19(26)14-8-4-5-9-15(14)22-20(24)27/h4-5,8-9,16-17H,2-3,6-7,10-13H2,1H3,(H,22,27)(H,23,25)/t16-,17-/m1/s1. The lowest BCUT2D eigenvalue weighted by Gasteiger charge is -2.57. The van der Waals surface area contributed by atoms with E-state index in [1.54, 1.807) is 24.3 Å². The molecular formula is C21H27N3O4. The largest absolute Gasteiger partial charge is 0.378 e. The minimum absolute atomic E-state index is 0.00465. The van der Waals surface area contributed by atoms with E-state index in [2.05, 4.69) is 10.3 Å². The summed E-state index contributed by atoms with van der Waals surface area (Å²) in [5.74, 6) is -0.298. The third-order valence-corrected chi connectivity index (χ3v) is 6.46. The van der Waals surface area contributed by atoms with Crippen molar-refractivity contribution in [3.8, 4) is 0 Å². The van der Waals surface area contributed by atoms with E-state index in [1.807, 2.05) is 6.92 Å². The van der Waals surface area contributed by atoms with Crippen molar-refractivity contribution in [2.45, 2.75) is 64.1 Å². The molecule has 2 aromatic rings. The van der Waals surface area contributed by atoms with Crippen LogP contribution in [0.2, 0.25) is 0 Å². The third kappa shape index (κ3) is 3.17. The van der Waals surface area contributed by atoms with E-state index in [4.69, 9.17) is 4.74 Å². The average molecular weight is 385 g/mol. The van der Waals surface area contributed by atoms with Crippen LogP contribution in [0.1, 0.15) is 45.4 Å². The van der Waals surface area contributed by atoms with Crippen molar-refractivity contribution < 1.29 is 9.53 Å². The number of carbonyl (C=O) groups excluding carboxylic acids is 1. The molecule has 2 N–H and O–H groups in total. The second-order valence-corrected chi connectivity index (χ2v) is 7.96. The molecule has 2 aliphatic rings. The van der Waals surface area contributed by atoms with Crippen LogP contribution in [0.15, 0.2) is 33.9 Å². The predicted octanol–water partition coefficient (Wildman–Crippen LogP) is 1.93. The molecule has 1 heterocycles. The molecule has 2 fully saturated rings. The van der Waals surface area contributed by atoms with Crippen molar-refractivity contribution in [2.24, 2.45) is 5.41 Å². The summed E-state index contributed by atoms with van der Waals surface area (Å²) in [7, 11) is 0. The van der Waals surface area contributed by atoms with E-state index >= 15 is 0 Å². The number of carbonyl (C=O) groups is 1. The van der Waals surface area contributed by atoms with Gasteiger partial charge in [-0.1, -0.05) is 31.4 Å². The Morgan fingerprint density at radius 3 is 2.75 bits per heavy atom. The fourth-order valence-corrected chi connectivity index (χ4v) is 4.99. The fraction of sp³-hybridized carbons (Fsp3) is 0.571. The molecule has 1 aromatic carbocycles. The lowest BCUT2D eigenvalue weighted by atomic mass is 9.55. The second kappa shape index (κ2) is 7.54. The van der Waals surface area contributed by atoms with Crippen LogP contribution in [-0.4, -0.2) is 34.2 Å². The Morgan fingerprint density at radius 1 is 1.25 bits per heavy atom. The second-order valence-electron chi connectivity index (χ2n) is 7.96. The number of hydrogen-bond acceptors (Lipinski definition) is 4. The summed E-state index contributed by atoms with van der Waals surface area (Å²) in [4.78, 5) is 40.3. The van der Waals surface area contributed by atoms with Crippen LogP contribution < -0.4 is 16.6 Å². The van der Waals surface area contributed by atoms with Crippen LogP contribution in [0, 0.1) is 5.41 Å². The number of fused-ring (bicyclic) bond motifs is 1. The SMILES string of the molecule is CCO[C@@H]1C[C@@H](NC(=O)Cn2c(=O)[nH]c3ccccc3c2=O)C12CCCCC2. The summed E-state index contributed by atoms with van der Waals surface area (Å²) >= 11 is 0. The van der Waals surface area contributed by atoms with Gasteiger partial charge in [-0.3, -0.25) is 14.2 Å². The number of nitrogens with one attached hydrogen (secondary N) is 2. The molecule has 28 heavy (non-hydrogen) atoms. The zero-order valence-electron chi connectivity index (χ0n) is 16.2. The Kier molecular flexibility index (Phi) is 5.10. The average Bonchev–Trinajstić information content (AvgIpc) is 2.71. The first-order valence-corrected chi connectivity index (χ1v) is 10.2. The molecule has 1 spiro atoms. The van der Waals surface area contributed by atoms with Crippen molar-refractivity contribution >= 4 is 16.8 Å². The number of nitrogens with zero attached hydrogens (tertiary/aromatic N) is 1. The van der Waals surface area contributed by atoms with Crippen molar-refractivity contribution in [1.29, 1.82) is 0 Å². The highest BCUT2D eigenvalue weighted by Gasteiger charge is 2.56. The highest BCUT2D eigenvalue weighted by molar-refractivity contribution is 5.79. The number of aromatic amines is 1. The van der Waals surface area contributed by atoms with Gasteiger partial charge in [0.2, 0.25) is 5.91 Å². The van der Waals surface area contributed by atoms with Crippen molar-refractivity contribution in [1.82, 2.24) is 14.9 Å². The summed E-state index contributed by atoms with van der Waals surface area (Å²) in [6, 6.07) is 6.87. The number of H-pyrrole nitrogens is 1. The summed E-state index contributed by atoms with van der Waals surface area (Å²) in [6.07, 6.45) is 6.62. The molecule has 0 bridgehead atoms. The molecule has 1 aromatic heterocycles. The lowest BCUT2D eigenvalue weighted by molar-refractivity contribution is -0.157. The van der Waals surface area contributed by atoms with E-state index in [1.165, 1.54) is 6.42 Å². The van der Waals surface area contributed by atoms with Gasteiger partial charge < -0.3 is 15.0 Å². The molecular weight excluding hydrogens is 358 g/mol. The normalized spacial score (nSPS) is 23.5. The van der Waals surface area contributed by atoms with Crippen molar-refractivity contribution in [2.75, 3.05) is 6.61 Å². The number of amides is 1. The van der Waals surface area contributed by atoms with E-state index in [0.717, 1.165) is 36.7 Å². The lowest BCUT2D eigenvalue weighted by Crippen LogP contribution is -2.65. The Morgan fingerprint density at radius 2 is 2.00 bits per heavy atom. The van der Waals surface area contributed by atoms with E-state index in [-0.39, 0.29) is 30.0 Å². The highest BCUT2D eigenvalue weighted by atomic mass is 16.5. The number of hydrogen-bond donors (Lipinski definition) is 2. The van der Waals surface area contributed by atoms with Gasteiger partial charge in [0.25, 0.3) is 5.56 Å². The molecule has 2 aliphatic carbocycles. The Balaban J connectivity index is 1.51. The van der Waals surface area contributed by atoms with Crippen molar-refractivity contribution in [3.63, 3.8) is 0 Å². The Labute approximate surface area is 163 Å². The quantitative estimate of drug-likeness (QED) is 0.823. The Bertz CT molecular complexity index is 987. The molecule has 0 saturated heterocycles. The number of ether oxygens (including phenoxy) is 1. The van der Waals surface area contributed by atoms with Gasteiger partial charge in [0.05, 0.1) is 17.0 Å². The summed E-state index contributed by atoms with van der Waals surface area (Å²) < 4.78 is 6.90. The molecule has 7 heteroatoms. The van der Waals surface area contributed by atoms with Gasteiger partial charge in [0.15, 0.2) is 0 Å². The molecule has 0 unspecified atom stereocenters. The molecule has 4 rings (SSSR count). The highest BCUT2D eigenvalue weighted by Crippen LogP contribution is 2.53. The minimum atomic E-state index is -0.563. The topological polar surface area (TPSA) is 93.2 Å². The van der Waals surface area contributed by atoms with Gasteiger partial charge >= 0.3 is 5.69 Å². The van der Waals surface area contributed by atoms with Gasteiger partial charge in [0, 0.05) is 18.1 Å². The first-order chi connectivity index (χ1) is 13.5. The first-order valence-electron chi connectivity index (χ1n) is 10.2. The number of aromatic nitrogens is 2. The number of benzene rings is 1. The fourth-order valence-electron chi connectivity index (χ4n) is 4.99.